The number of carbonyl (C=O) groups is 4. The van der Waals surface area contributed by atoms with Gasteiger partial charge >= 0.3 is 5.97 Å². The quantitative estimate of drug-likeness (QED) is 0.0664. The van der Waals surface area contributed by atoms with Crippen LogP contribution in [0, 0.1) is 17.0 Å². The summed E-state index contributed by atoms with van der Waals surface area (Å²) >= 11 is 5.83. The number of Topliss-reactive ketones (excluding diaryl/α,β-unsaturated/α-hetero) is 1. The van der Waals surface area contributed by atoms with E-state index < -0.39 is 40.8 Å². The molecule has 11 heteroatoms. The fraction of sp³-hybridized carbons (Fsp3) is 0.0606. The Kier molecular flexibility index (Phi) is 7.20. The molecule has 4 aromatic carbocycles. The van der Waals surface area contributed by atoms with Gasteiger partial charge < -0.3 is 4.74 Å². The van der Waals surface area contributed by atoms with Gasteiger partial charge in [0.2, 0.25) is 5.78 Å². The van der Waals surface area contributed by atoms with Crippen molar-refractivity contribution in [1.82, 2.24) is 4.98 Å². The molecule has 1 aliphatic rings. The Bertz CT molecular complexity index is 2020. The number of nitro benzene ring substituents is 1. The Morgan fingerprint density at radius 1 is 0.909 bits per heavy atom. The molecule has 5 aromatic rings. The second kappa shape index (κ2) is 11.2. The minimum Gasteiger partial charge on any atom is -0.454 e. The van der Waals surface area contributed by atoms with Crippen molar-refractivity contribution in [2.24, 2.45) is 0 Å². The van der Waals surface area contributed by atoms with Crippen molar-refractivity contribution in [3.05, 3.63) is 134 Å². The van der Waals surface area contributed by atoms with E-state index in [0.717, 1.165) is 16.5 Å². The fourth-order valence-corrected chi connectivity index (χ4v) is 5.17. The topological polar surface area (TPSA) is 137 Å². The van der Waals surface area contributed by atoms with Gasteiger partial charge in [-0.2, -0.15) is 0 Å². The molecule has 0 bridgehead atoms. The minimum atomic E-state index is -0.788. The average Bonchev–Trinajstić information content (AvgIpc) is 3.28. The molecule has 216 valence electrons. The van der Waals surface area contributed by atoms with E-state index >= 15 is 0 Å². The van der Waals surface area contributed by atoms with E-state index in [1.807, 2.05) is 13.0 Å². The van der Waals surface area contributed by atoms with Crippen LogP contribution in [0.3, 0.4) is 0 Å². The summed E-state index contributed by atoms with van der Waals surface area (Å²) in [5.74, 6) is -2.25. The Hall–Kier alpha value is -5.74. The number of pyridine rings is 1. The third kappa shape index (κ3) is 5.07. The molecule has 6 rings (SSSR count). The molecule has 0 spiro atoms. The second-order valence-electron chi connectivity index (χ2n) is 10.0. The molecule has 0 aliphatic carbocycles. The number of fused-ring (bicyclic) bond motifs is 2. The molecule has 0 saturated heterocycles. The number of anilines is 1. The van der Waals surface area contributed by atoms with Crippen LogP contribution in [0.15, 0.2) is 91.0 Å². The zero-order valence-corrected chi connectivity index (χ0v) is 23.7. The van der Waals surface area contributed by atoms with Crippen LogP contribution in [0.5, 0.6) is 0 Å². The molecule has 44 heavy (non-hydrogen) atoms. The number of nitro groups is 1. The molecule has 0 fully saturated rings. The largest absolute Gasteiger partial charge is 0.454 e. The summed E-state index contributed by atoms with van der Waals surface area (Å²) in [6.07, 6.45) is 0. The number of hydrogen-bond donors (Lipinski definition) is 0. The number of carbonyl (C=O) groups excluding carboxylic acids is 4. The van der Waals surface area contributed by atoms with Crippen molar-refractivity contribution in [2.45, 2.75) is 6.92 Å². The highest BCUT2D eigenvalue weighted by atomic mass is 35.5. The molecule has 1 aromatic heterocycles. The molecular formula is C33H20ClN3O7. The van der Waals surface area contributed by atoms with Crippen molar-refractivity contribution in [3.63, 3.8) is 0 Å². The van der Waals surface area contributed by atoms with Crippen LogP contribution in [0.25, 0.3) is 22.2 Å². The number of aryl methyl sites for hydroxylation is 1. The van der Waals surface area contributed by atoms with Gasteiger partial charge in [0.1, 0.15) is 5.02 Å². The monoisotopic (exact) mass is 605 g/mol. The Morgan fingerprint density at radius 3 is 2.25 bits per heavy atom. The normalized spacial score (nSPS) is 12.4. The summed E-state index contributed by atoms with van der Waals surface area (Å²) in [4.78, 5) is 68.1. The van der Waals surface area contributed by atoms with Crippen molar-refractivity contribution in [1.29, 1.82) is 0 Å². The molecule has 0 N–H and O–H groups in total. The molecule has 2 amide bonds. The summed E-state index contributed by atoms with van der Waals surface area (Å²) in [5.41, 5.74) is 3.16. The number of ether oxygens (including phenoxy) is 1. The molecule has 2 heterocycles. The lowest BCUT2D eigenvalue weighted by atomic mass is 10.0. The van der Waals surface area contributed by atoms with Crippen molar-refractivity contribution in [2.75, 3.05) is 11.5 Å². The zero-order valence-electron chi connectivity index (χ0n) is 22.9. The average molecular weight is 606 g/mol. The lowest BCUT2D eigenvalue weighted by molar-refractivity contribution is -0.384. The molecule has 0 unspecified atom stereocenters. The summed E-state index contributed by atoms with van der Waals surface area (Å²) in [5, 5.41) is 11.6. The lowest BCUT2D eigenvalue weighted by Gasteiger charge is -2.15. The van der Waals surface area contributed by atoms with E-state index in [9.17, 15) is 29.3 Å². The van der Waals surface area contributed by atoms with Gasteiger partial charge in [0.25, 0.3) is 17.5 Å². The highest BCUT2D eigenvalue weighted by Gasteiger charge is 2.36. The summed E-state index contributed by atoms with van der Waals surface area (Å²) in [6, 6.07) is 23.8. The van der Waals surface area contributed by atoms with Crippen LogP contribution in [0.4, 0.5) is 11.4 Å². The van der Waals surface area contributed by atoms with Crippen molar-refractivity contribution < 1.29 is 28.8 Å². The maximum absolute atomic E-state index is 13.3. The molecule has 0 radical (unpaired) electrons. The third-order valence-corrected chi connectivity index (χ3v) is 7.52. The van der Waals surface area contributed by atoms with Crippen molar-refractivity contribution in [3.8, 4) is 11.3 Å². The fourth-order valence-electron chi connectivity index (χ4n) is 4.98. The number of hydrogen-bond acceptors (Lipinski definition) is 8. The van der Waals surface area contributed by atoms with E-state index in [1.54, 1.807) is 66.7 Å². The SMILES string of the molecule is Cc1ccc2nc(-c3ccc(N4C(=O)c5ccccc5C4=O)cc3)cc(C(=O)OCC(=O)c3ccc(Cl)c([N+](=O)[O-])c3)c2c1. The minimum absolute atomic E-state index is 0.0248. The standard InChI is InChI=1S/C33H20ClN3O7/c1-18-6-13-27-24(14-18)25(33(41)44-17-30(38)20-9-12-26(34)29(15-20)37(42)43)16-28(35-27)19-7-10-21(11-8-19)36-31(39)22-4-2-3-5-23(22)32(36)40/h2-16H,17H2,1H3. The van der Waals surface area contributed by atoms with Gasteiger partial charge in [-0.3, -0.25) is 24.5 Å². The number of amides is 2. The second-order valence-corrected chi connectivity index (χ2v) is 10.4. The number of esters is 1. The van der Waals surface area contributed by atoms with Crippen LogP contribution in [-0.4, -0.2) is 40.1 Å². The molecule has 10 nitrogen and oxygen atoms in total. The van der Waals surface area contributed by atoms with Gasteiger partial charge in [-0.15, -0.1) is 0 Å². The van der Waals surface area contributed by atoms with E-state index in [0.29, 0.717) is 39.0 Å². The summed E-state index contributed by atoms with van der Waals surface area (Å²) < 4.78 is 5.35. The van der Waals surface area contributed by atoms with Gasteiger partial charge in [-0.1, -0.05) is 47.5 Å². The predicted octanol–water partition coefficient (Wildman–Crippen LogP) is 6.61. The number of imide groups is 1. The van der Waals surface area contributed by atoms with Crippen LogP contribution in [0.2, 0.25) is 5.02 Å². The number of benzene rings is 4. The van der Waals surface area contributed by atoms with Gasteiger partial charge in [-0.25, -0.2) is 14.7 Å². The van der Waals surface area contributed by atoms with Crippen LogP contribution in [-0.2, 0) is 4.74 Å². The third-order valence-electron chi connectivity index (χ3n) is 7.20. The predicted molar refractivity (Wildman–Crippen MR) is 162 cm³/mol. The van der Waals surface area contributed by atoms with Gasteiger partial charge in [-0.05, 0) is 61.5 Å². The number of nitrogens with zero attached hydrogens (tertiary/aromatic N) is 3. The van der Waals surface area contributed by atoms with Crippen LogP contribution < -0.4 is 4.90 Å². The van der Waals surface area contributed by atoms with E-state index in [-0.39, 0.29) is 16.1 Å². The van der Waals surface area contributed by atoms with Gasteiger partial charge in [0.05, 0.1) is 38.5 Å². The van der Waals surface area contributed by atoms with Crippen LogP contribution in [0.1, 0.15) is 47.0 Å². The molecular weight excluding hydrogens is 586 g/mol. The Morgan fingerprint density at radius 2 is 1.59 bits per heavy atom. The number of aromatic nitrogens is 1. The first-order chi connectivity index (χ1) is 21.1. The number of ketones is 1. The maximum atomic E-state index is 13.3. The van der Waals surface area contributed by atoms with Gasteiger partial charge in [0.15, 0.2) is 6.61 Å². The lowest BCUT2D eigenvalue weighted by Crippen LogP contribution is -2.29. The van der Waals surface area contributed by atoms with Gasteiger partial charge in [0, 0.05) is 22.6 Å². The Balaban J connectivity index is 1.28. The van der Waals surface area contributed by atoms with E-state index in [2.05, 4.69) is 0 Å². The Labute approximate surface area is 254 Å². The zero-order chi connectivity index (χ0) is 31.1. The molecule has 1 aliphatic heterocycles. The molecule has 0 saturated carbocycles. The van der Waals surface area contributed by atoms with Crippen molar-refractivity contribution >= 4 is 57.4 Å². The smallest absolute Gasteiger partial charge is 0.339 e. The van der Waals surface area contributed by atoms with E-state index in [1.165, 1.54) is 12.1 Å². The first kappa shape index (κ1) is 28.4. The highest BCUT2D eigenvalue weighted by molar-refractivity contribution is 6.34. The number of rotatable bonds is 7. The molecule has 0 atom stereocenters. The first-order valence-corrected chi connectivity index (χ1v) is 13.6. The number of halogens is 1. The summed E-state index contributed by atoms with van der Waals surface area (Å²) in [6.45, 7) is 1.20. The van der Waals surface area contributed by atoms with E-state index in [4.69, 9.17) is 21.3 Å². The highest BCUT2D eigenvalue weighted by Crippen LogP contribution is 2.32. The summed E-state index contributed by atoms with van der Waals surface area (Å²) in [7, 11) is 0. The first-order valence-electron chi connectivity index (χ1n) is 13.3. The van der Waals surface area contributed by atoms with Crippen LogP contribution >= 0.6 is 11.6 Å². The maximum Gasteiger partial charge on any atom is 0.339 e.